The van der Waals surface area contributed by atoms with E-state index in [0.29, 0.717) is 17.4 Å². The lowest BCUT2D eigenvalue weighted by molar-refractivity contribution is -0.870. The van der Waals surface area contributed by atoms with Crippen LogP contribution in [0, 0.1) is 0 Å². The van der Waals surface area contributed by atoms with Gasteiger partial charge in [-0.3, -0.25) is 13.8 Å². The molecule has 8 nitrogen and oxygen atoms in total. The Labute approximate surface area is 518 Å². The number of hydrogen-bond acceptors (Lipinski definition) is 5. The van der Waals surface area contributed by atoms with Crippen LogP contribution in [-0.2, 0) is 18.4 Å². The second kappa shape index (κ2) is 64.9. The lowest BCUT2D eigenvalue weighted by Gasteiger charge is -2.25. The number of amides is 1. The molecule has 3 N–H and O–H groups in total. The van der Waals surface area contributed by atoms with Crippen molar-refractivity contribution in [2.24, 2.45) is 0 Å². The Hall–Kier alpha value is -1.54. The van der Waals surface area contributed by atoms with Crippen LogP contribution in [0.3, 0.4) is 0 Å². The zero-order valence-corrected chi connectivity index (χ0v) is 57.1. The Kier molecular flexibility index (Phi) is 63.7. The molecule has 0 aromatic carbocycles. The van der Waals surface area contributed by atoms with E-state index in [4.69, 9.17) is 9.05 Å². The lowest BCUT2D eigenvalue weighted by Crippen LogP contribution is -2.45. The van der Waals surface area contributed by atoms with Gasteiger partial charge in [-0.1, -0.05) is 351 Å². The van der Waals surface area contributed by atoms with Crippen LogP contribution in [0.1, 0.15) is 367 Å². The molecule has 0 saturated heterocycles. The first-order valence-electron chi connectivity index (χ1n) is 36.5. The van der Waals surface area contributed by atoms with Crippen LogP contribution in [0.2, 0.25) is 0 Å². The van der Waals surface area contributed by atoms with Gasteiger partial charge in [-0.2, -0.15) is 0 Å². The summed E-state index contributed by atoms with van der Waals surface area (Å²) in [5.74, 6) is -0.169. The predicted octanol–water partition coefficient (Wildman–Crippen LogP) is 23.4. The van der Waals surface area contributed by atoms with Crippen molar-refractivity contribution in [2.75, 3.05) is 40.9 Å². The van der Waals surface area contributed by atoms with Gasteiger partial charge in [-0.05, 0) is 57.8 Å². The third-order valence-corrected chi connectivity index (χ3v) is 17.8. The molecule has 0 saturated carbocycles. The number of phosphoric ester groups is 1. The third kappa shape index (κ3) is 67.8. The molecule has 0 fully saturated rings. The van der Waals surface area contributed by atoms with Gasteiger partial charge in [0.15, 0.2) is 0 Å². The summed E-state index contributed by atoms with van der Waals surface area (Å²) in [5, 5.41) is 14.0. The molecule has 0 spiro atoms. The zero-order valence-electron chi connectivity index (χ0n) is 56.2. The molecule has 0 radical (unpaired) electrons. The Balaban J connectivity index is 3.95. The molecule has 83 heavy (non-hydrogen) atoms. The fourth-order valence-electron chi connectivity index (χ4n) is 11.1. The maximum atomic E-state index is 13.1. The summed E-state index contributed by atoms with van der Waals surface area (Å²) >= 11 is 0. The van der Waals surface area contributed by atoms with Gasteiger partial charge in [-0.15, -0.1) is 0 Å². The summed E-state index contributed by atoms with van der Waals surface area (Å²) in [5.41, 5.74) is 0. The smallest absolute Gasteiger partial charge is 0.387 e. The van der Waals surface area contributed by atoms with Gasteiger partial charge < -0.3 is 19.8 Å². The first kappa shape index (κ1) is 81.5. The van der Waals surface area contributed by atoms with Crippen LogP contribution in [0.25, 0.3) is 0 Å². The SMILES string of the molecule is CCCCCCC/C=C\C/C=C\C/C=C\CCCCCCCCCCCCCCCCCCCCCCCCCCC(=O)NC(COP(=O)(O)OCC[N+](C)(C)C)C(O)/C=C/CCCCCCCCCCCCCCCCCCCCCC. The van der Waals surface area contributed by atoms with Gasteiger partial charge in [-0.25, -0.2) is 4.57 Å². The van der Waals surface area contributed by atoms with Gasteiger partial charge in [0.1, 0.15) is 13.2 Å². The number of quaternary nitrogens is 1. The van der Waals surface area contributed by atoms with Crippen molar-refractivity contribution < 1.29 is 32.9 Å². The second-order valence-electron chi connectivity index (χ2n) is 26.3. The highest BCUT2D eigenvalue weighted by Gasteiger charge is 2.28. The van der Waals surface area contributed by atoms with E-state index in [1.165, 1.54) is 302 Å². The number of rotatable bonds is 68. The van der Waals surface area contributed by atoms with Crippen molar-refractivity contribution in [3.8, 4) is 0 Å². The minimum atomic E-state index is -4.35. The Morgan fingerprint density at radius 1 is 0.410 bits per heavy atom. The summed E-state index contributed by atoms with van der Waals surface area (Å²) < 4.78 is 23.8. The van der Waals surface area contributed by atoms with Gasteiger partial charge in [0.25, 0.3) is 0 Å². The molecule has 9 heteroatoms. The molecule has 0 bridgehead atoms. The molecular weight excluding hydrogens is 1040 g/mol. The first-order chi connectivity index (χ1) is 40.5. The van der Waals surface area contributed by atoms with Gasteiger partial charge in [0.05, 0.1) is 39.9 Å². The fraction of sp³-hybridized carbons (Fsp3) is 0.878. The number of aliphatic hydroxyl groups excluding tert-OH is 1. The predicted molar refractivity (Wildman–Crippen MR) is 364 cm³/mol. The van der Waals surface area contributed by atoms with E-state index in [2.05, 4.69) is 55.6 Å². The Morgan fingerprint density at radius 3 is 1.00 bits per heavy atom. The number of nitrogens with zero attached hydrogens (tertiary/aromatic N) is 1. The molecule has 1 amide bonds. The number of phosphoric acid groups is 1. The number of unbranched alkanes of at least 4 members (excludes halogenated alkanes) is 49. The molecule has 3 atom stereocenters. The van der Waals surface area contributed by atoms with Crippen LogP contribution < -0.4 is 5.32 Å². The highest BCUT2D eigenvalue weighted by molar-refractivity contribution is 7.47. The van der Waals surface area contributed by atoms with Crippen molar-refractivity contribution in [2.45, 2.75) is 379 Å². The summed E-state index contributed by atoms with van der Waals surface area (Å²) in [7, 11) is 1.59. The summed E-state index contributed by atoms with van der Waals surface area (Å²) in [6.45, 7) is 4.86. The molecule has 0 aliphatic carbocycles. The normalized spacial score (nSPS) is 13.9. The van der Waals surface area contributed by atoms with Crippen LogP contribution in [0.15, 0.2) is 48.6 Å². The molecule has 0 aliphatic heterocycles. The summed E-state index contributed by atoms with van der Waals surface area (Å²) in [6, 6.07) is -0.846. The maximum Gasteiger partial charge on any atom is 0.472 e. The maximum absolute atomic E-state index is 13.1. The first-order valence-corrected chi connectivity index (χ1v) is 38.0. The van der Waals surface area contributed by atoms with Crippen molar-refractivity contribution in [3.05, 3.63) is 48.6 Å². The van der Waals surface area contributed by atoms with E-state index in [-0.39, 0.29) is 19.1 Å². The Morgan fingerprint density at radius 2 is 0.687 bits per heavy atom. The molecule has 0 rings (SSSR count). The van der Waals surface area contributed by atoms with Crippen LogP contribution in [-0.4, -0.2) is 73.4 Å². The molecule has 3 unspecified atom stereocenters. The number of nitrogens with one attached hydrogen (secondary N) is 1. The minimum absolute atomic E-state index is 0.0635. The largest absolute Gasteiger partial charge is 0.472 e. The number of aliphatic hydroxyl groups is 1. The molecule has 0 aromatic rings. The Bertz CT molecular complexity index is 1490. The quantitative estimate of drug-likeness (QED) is 0.0243. The van der Waals surface area contributed by atoms with Gasteiger partial charge >= 0.3 is 7.82 Å². The number of carbonyl (C=O) groups is 1. The van der Waals surface area contributed by atoms with E-state index in [1.54, 1.807) is 6.08 Å². The van der Waals surface area contributed by atoms with Gasteiger partial charge in [0, 0.05) is 6.42 Å². The average Bonchev–Trinajstić information content (AvgIpc) is 3.50. The molecule has 0 heterocycles. The van der Waals surface area contributed by atoms with E-state index < -0.39 is 20.0 Å². The monoisotopic (exact) mass is 1190 g/mol. The van der Waals surface area contributed by atoms with E-state index in [0.717, 1.165) is 44.9 Å². The highest BCUT2D eigenvalue weighted by atomic mass is 31.2. The highest BCUT2D eigenvalue weighted by Crippen LogP contribution is 2.43. The molecular formula is C74H144N2O6P+. The van der Waals surface area contributed by atoms with Gasteiger partial charge in [0.2, 0.25) is 5.91 Å². The molecule has 490 valence electrons. The molecule has 0 aliphatic rings. The molecule has 0 aromatic heterocycles. The topological polar surface area (TPSA) is 105 Å². The second-order valence-corrected chi connectivity index (χ2v) is 27.8. The number of allylic oxidation sites excluding steroid dienone is 7. The standard InChI is InChI=1S/C74H143N2O6P/c1-6-8-10-12-14-16-18-20-22-24-26-28-30-31-32-33-34-35-36-37-38-39-40-41-42-43-44-45-46-48-50-52-54-56-58-60-62-64-66-68-74(78)75-72(71-82-83(79,80)81-70-69-76(3,4)5)73(77)67-65-63-61-59-57-55-53-51-49-47-29-27-25-23-21-19-17-15-13-11-9-7-2/h18,20,24,26,30-31,65,67,72-73,77H,6-17,19,21-23,25,27-29,32-64,66,68-71H2,1-5H3,(H-,75,78,79,80)/p+1/b20-18-,26-24-,31-30-,67-65+. The number of hydrogen-bond donors (Lipinski definition) is 3. The van der Waals surface area contributed by atoms with E-state index >= 15 is 0 Å². The summed E-state index contributed by atoms with van der Waals surface area (Å²) in [4.78, 5) is 23.4. The van der Waals surface area contributed by atoms with Crippen molar-refractivity contribution >= 4 is 13.7 Å². The lowest BCUT2D eigenvalue weighted by atomic mass is 10.0. The van der Waals surface area contributed by atoms with E-state index in [9.17, 15) is 19.4 Å². The fourth-order valence-corrected chi connectivity index (χ4v) is 11.8. The van der Waals surface area contributed by atoms with Crippen LogP contribution in [0.4, 0.5) is 0 Å². The average molecular weight is 1190 g/mol. The van der Waals surface area contributed by atoms with Crippen molar-refractivity contribution in [1.82, 2.24) is 5.32 Å². The van der Waals surface area contributed by atoms with Crippen molar-refractivity contribution in [3.63, 3.8) is 0 Å². The zero-order chi connectivity index (χ0) is 60.5. The number of likely N-dealkylation sites (N-methyl/N-ethyl adjacent to an activating group) is 1. The third-order valence-electron chi connectivity index (χ3n) is 16.8. The summed E-state index contributed by atoms with van der Waals surface area (Å²) in [6.07, 6.45) is 88.4. The van der Waals surface area contributed by atoms with E-state index in [1.807, 2.05) is 27.2 Å². The minimum Gasteiger partial charge on any atom is -0.387 e. The van der Waals surface area contributed by atoms with Crippen LogP contribution >= 0.6 is 7.82 Å². The van der Waals surface area contributed by atoms with Crippen molar-refractivity contribution in [1.29, 1.82) is 0 Å². The number of carbonyl (C=O) groups excluding carboxylic acids is 1. The van der Waals surface area contributed by atoms with Crippen LogP contribution in [0.5, 0.6) is 0 Å².